The molecular formula is C10H17N3O2. The van der Waals surface area contributed by atoms with Gasteiger partial charge in [0.15, 0.2) is 6.33 Å². The molecule has 0 amide bonds. The first-order valence-corrected chi connectivity index (χ1v) is 5.34. The summed E-state index contributed by atoms with van der Waals surface area (Å²) in [5.41, 5.74) is -0.505. The number of nitrogens with zero attached hydrogens (tertiary/aromatic N) is 3. The molecule has 0 saturated heterocycles. The third kappa shape index (κ3) is 2.76. The van der Waals surface area contributed by atoms with E-state index in [0.717, 1.165) is 25.7 Å². The summed E-state index contributed by atoms with van der Waals surface area (Å²) in [7, 11) is 1.96. The summed E-state index contributed by atoms with van der Waals surface area (Å²) >= 11 is 0. The van der Waals surface area contributed by atoms with Crippen LogP contribution in [0.1, 0.15) is 31.6 Å². The number of hydrogen-bond donors (Lipinski definition) is 1. The SMILES string of the molecule is CN(Cc1ncno1)CC1(O)CCCC1. The predicted molar refractivity (Wildman–Crippen MR) is 54.0 cm³/mol. The summed E-state index contributed by atoms with van der Waals surface area (Å²) in [6.45, 7) is 1.28. The fraction of sp³-hybridized carbons (Fsp3) is 0.800. The lowest BCUT2D eigenvalue weighted by Crippen LogP contribution is -2.38. The second-order valence-electron chi connectivity index (χ2n) is 4.44. The van der Waals surface area contributed by atoms with Gasteiger partial charge in [-0.3, -0.25) is 4.90 Å². The van der Waals surface area contributed by atoms with Crippen LogP contribution < -0.4 is 0 Å². The summed E-state index contributed by atoms with van der Waals surface area (Å²) in [6.07, 6.45) is 5.46. The minimum Gasteiger partial charge on any atom is -0.389 e. The molecule has 0 unspecified atom stereocenters. The van der Waals surface area contributed by atoms with Gasteiger partial charge in [0.05, 0.1) is 12.1 Å². The molecule has 1 aromatic rings. The first-order valence-electron chi connectivity index (χ1n) is 5.34. The molecule has 0 aromatic carbocycles. The van der Waals surface area contributed by atoms with Crippen LogP contribution in [-0.2, 0) is 6.54 Å². The second-order valence-corrected chi connectivity index (χ2v) is 4.44. The highest BCUT2D eigenvalue weighted by molar-refractivity contribution is 4.87. The average molecular weight is 211 g/mol. The third-order valence-electron chi connectivity index (χ3n) is 2.91. The molecule has 0 spiro atoms. The molecule has 84 valence electrons. The third-order valence-corrected chi connectivity index (χ3v) is 2.91. The van der Waals surface area contributed by atoms with Gasteiger partial charge in [-0.25, -0.2) is 0 Å². The lowest BCUT2D eigenvalue weighted by Gasteiger charge is -2.27. The zero-order valence-electron chi connectivity index (χ0n) is 9.02. The van der Waals surface area contributed by atoms with Crippen LogP contribution in [-0.4, -0.2) is 39.3 Å². The van der Waals surface area contributed by atoms with Crippen molar-refractivity contribution in [2.24, 2.45) is 0 Å². The molecule has 1 saturated carbocycles. The Kier molecular flexibility index (Phi) is 3.02. The molecule has 1 aliphatic rings. The zero-order chi connectivity index (χ0) is 10.7. The quantitative estimate of drug-likeness (QED) is 0.798. The van der Waals surface area contributed by atoms with Crippen molar-refractivity contribution < 1.29 is 9.63 Å². The van der Waals surface area contributed by atoms with Crippen LogP contribution in [0.25, 0.3) is 0 Å². The Balaban J connectivity index is 1.84. The second kappa shape index (κ2) is 4.28. The van der Waals surface area contributed by atoms with E-state index in [4.69, 9.17) is 4.52 Å². The highest BCUT2D eigenvalue weighted by Crippen LogP contribution is 2.30. The maximum atomic E-state index is 10.2. The molecule has 0 radical (unpaired) electrons. The topological polar surface area (TPSA) is 62.4 Å². The van der Waals surface area contributed by atoms with Crippen molar-refractivity contribution in [3.8, 4) is 0 Å². The van der Waals surface area contributed by atoms with E-state index in [9.17, 15) is 5.11 Å². The van der Waals surface area contributed by atoms with Crippen LogP contribution in [0.4, 0.5) is 0 Å². The van der Waals surface area contributed by atoms with Gasteiger partial charge >= 0.3 is 0 Å². The van der Waals surface area contributed by atoms with Crippen molar-refractivity contribution in [2.45, 2.75) is 37.8 Å². The van der Waals surface area contributed by atoms with Gasteiger partial charge in [-0.05, 0) is 19.9 Å². The molecule has 0 atom stereocenters. The zero-order valence-corrected chi connectivity index (χ0v) is 9.02. The Morgan fingerprint density at radius 1 is 1.53 bits per heavy atom. The van der Waals surface area contributed by atoms with E-state index in [0.29, 0.717) is 19.0 Å². The first kappa shape index (κ1) is 10.6. The average Bonchev–Trinajstić information content (AvgIpc) is 2.76. The Bertz CT molecular complexity index is 294. The number of rotatable bonds is 4. The molecule has 1 aliphatic carbocycles. The maximum Gasteiger partial charge on any atom is 0.240 e. The first-order chi connectivity index (χ1) is 7.18. The van der Waals surface area contributed by atoms with Crippen molar-refractivity contribution in [1.82, 2.24) is 15.0 Å². The fourth-order valence-corrected chi connectivity index (χ4v) is 2.25. The smallest absolute Gasteiger partial charge is 0.240 e. The Morgan fingerprint density at radius 2 is 2.27 bits per heavy atom. The van der Waals surface area contributed by atoms with Crippen molar-refractivity contribution in [3.63, 3.8) is 0 Å². The van der Waals surface area contributed by atoms with E-state index in [-0.39, 0.29) is 0 Å². The van der Waals surface area contributed by atoms with Crippen molar-refractivity contribution >= 4 is 0 Å². The normalized spacial score (nSPS) is 19.9. The van der Waals surface area contributed by atoms with Gasteiger partial charge < -0.3 is 9.63 Å². The number of likely N-dealkylation sites (N-methyl/N-ethyl adjacent to an activating group) is 1. The van der Waals surface area contributed by atoms with E-state index in [1.54, 1.807) is 0 Å². The van der Waals surface area contributed by atoms with Gasteiger partial charge in [-0.15, -0.1) is 0 Å². The molecular weight excluding hydrogens is 194 g/mol. The summed E-state index contributed by atoms with van der Waals surface area (Å²) in [4.78, 5) is 5.98. The number of aromatic nitrogens is 2. The molecule has 1 aromatic heterocycles. The van der Waals surface area contributed by atoms with Crippen LogP contribution in [0.2, 0.25) is 0 Å². The molecule has 5 nitrogen and oxygen atoms in total. The van der Waals surface area contributed by atoms with E-state index in [1.807, 2.05) is 11.9 Å². The van der Waals surface area contributed by atoms with Gasteiger partial charge in [-0.1, -0.05) is 18.0 Å². The molecule has 1 fully saturated rings. The van der Waals surface area contributed by atoms with E-state index in [1.165, 1.54) is 6.33 Å². The van der Waals surface area contributed by atoms with Crippen LogP contribution in [0.5, 0.6) is 0 Å². The van der Waals surface area contributed by atoms with E-state index >= 15 is 0 Å². The summed E-state index contributed by atoms with van der Waals surface area (Å²) in [5.74, 6) is 0.596. The van der Waals surface area contributed by atoms with Crippen molar-refractivity contribution in [1.29, 1.82) is 0 Å². The van der Waals surface area contributed by atoms with Crippen LogP contribution >= 0.6 is 0 Å². The van der Waals surface area contributed by atoms with Crippen molar-refractivity contribution in [2.75, 3.05) is 13.6 Å². The largest absolute Gasteiger partial charge is 0.389 e. The van der Waals surface area contributed by atoms with Gasteiger partial charge in [0.25, 0.3) is 0 Å². The molecule has 1 heterocycles. The highest BCUT2D eigenvalue weighted by Gasteiger charge is 2.32. The lowest BCUT2D eigenvalue weighted by atomic mass is 10.0. The Morgan fingerprint density at radius 3 is 2.87 bits per heavy atom. The monoisotopic (exact) mass is 211 g/mol. The maximum absolute atomic E-state index is 10.2. The molecule has 0 aliphatic heterocycles. The van der Waals surface area contributed by atoms with Gasteiger partial charge in [0.2, 0.25) is 5.89 Å². The molecule has 5 heteroatoms. The van der Waals surface area contributed by atoms with Crippen LogP contribution in [0, 0.1) is 0 Å². The molecule has 1 N–H and O–H groups in total. The molecule has 0 bridgehead atoms. The Hall–Kier alpha value is -0.940. The molecule has 2 rings (SSSR count). The van der Waals surface area contributed by atoms with E-state index < -0.39 is 5.60 Å². The standard InChI is InChI=1S/C10H17N3O2/c1-13(6-9-11-8-12-15-9)7-10(14)4-2-3-5-10/h8,14H,2-7H2,1H3. The summed E-state index contributed by atoms with van der Waals surface area (Å²) in [5, 5.41) is 13.7. The fourth-order valence-electron chi connectivity index (χ4n) is 2.25. The van der Waals surface area contributed by atoms with Gasteiger partial charge in [0.1, 0.15) is 0 Å². The van der Waals surface area contributed by atoms with E-state index in [2.05, 4.69) is 10.1 Å². The van der Waals surface area contributed by atoms with Crippen LogP contribution in [0.3, 0.4) is 0 Å². The minimum atomic E-state index is -0.505. The lowest BCUT2D eigenvalue weighted by molar-refractivity contribution is 0.0124. The minimum absolute atomic E-state index is 0.505. The summed E-state index contributed by atoms with van der Waals surface area (Å²) < 4.78 is 4.92. The number of hydrogen-bond acceptors (Lipinski definition) is 5. The van der Waals surface area contributed by atoms with Crippen molar-refractivity contribution in [3.05, 3.63) is 12.2 Å². The van der Waals surface area contributed by atoms with Gasteiger partial charge in [0, 0.05) is 6.54 Å². The predicted octanol–water partition coefficient (Wildman–Crippen LogP) is 0.806. The summed E-state index contributed by atoms with van der Waals surface area (Å²) in [6, 6.07) is 0. The molecule has 15 heavy (non-hydrogen) atoms. The highest BCUT2D eigenvalue weighted by atomic mass is 16.5. The van der Waals surface area contributed by atoms with Crippen LogP contribution in [0.15, 0.2) is 10.9 Å². The number of aliphatic hydroxyl groups is 1. The Labute approximate surface area is 89.1 Å². The van der Waals surface area contributed by atoms with Gasteiger partial charge in [-0.2, -0.15) is 4.98 Å².